The Bertz CT molecular complexity index is 1480. The maximum atomic E-state index is 6.69. The number of aromatic nitrogens is 5. The molecule has 0 unspecified atom stereocenters. The standard InChI is InChI=1S/C32H44N6O3Si/c1-22(21-41-42(6,7)32(2,3)4)29(23-8-10-26(39-5)11-9-23)30-37-36-28-20-24(13-17-38(28)30)27-12-16-33-31(35-27)34-25-14-18-40-19-15-25/h8-13,16-17,20,22,25,29H,14-15,18-19,21H2,1-7H3,(H,33,34,35)/t22-,29-/m1/s1. The fourth-order valence-corrected chi connectivity index (χ4v) is 6.20. The number of hydrogen-bond acceptors (Lipinski definition) is 8. The summed E-state index contributed by atoms with van der Waals surface area (Å²) in [6.07, 6.45) is 5.76. The molecule has 42 heavy (non-hydrogen) atoms. The average Bonchev–Trinajstić information content (AvgIpc) is 3.39. The van der Waals surface area contributed by atoms with Crippen LogP contribution in [0.1, 0.15) is 57.8 Å². The van der Waals surface area contributed by atoms with Crippen LogP contribution in [-0.2, 0) is 9.16 Å². The molecule has 0 aliphatic carbocycles. The maximum absolute atomic E-state index is 6.69. The van der Waals surface area contributed by atoms with Crippen LogP contribution in [0.5, 0.6) is 5.75 Å². The van der Waals surface area contributed by atoms with Crippen LogP contribution in [0, 0.1) is 5.92 Å². The molecular formula is C32H44N6O3Si. The van der Waals surface area contributed by atoms with Crippen molar-refractivity contribution in [3.8, 4) is 17.0 Å². The molecule has 1 saturated heterocycles. The van der Waals surface area contributed by atoms with Crippen molar-refractivity contribution in [1.29, 1.82) is 0 Å². The number of nitrogens with one attached hydrogen (secondary N) is 1. The highest BCUT2D eigenvalue weighted by atomic mass is 28.4. The second-order valence-corrected chi connectivity index (χ2v) is 17.6. The van der Waals surface area contributed by atoms with Gasteiger partial charge in [-0.3, -0.25) is 4.40 Å². The summed E-state index contributed by atoms with van der Waals surface area (Å²) < 4.78 is 19.7. The van der Waals surface area contributed by atoms with Crippen LogP contribution in [0.2, 0.25) is 18.1 Å². The van der Waals surface area contributed by atoms with E-state index in [9.17, 15) is 0 Å². The molecule has 5 rings (SSSR count). The van der Waals surface area contributed by atoms with Crippen molar-refractivity contribution in [2.75, 3.05) is 32.2 Å². The van der Waals surface area contributed by atoms with Gasteiger partial charge in [-0.25, -0.2) is 9.97 Å². The quantitative estimate of drug-likeness (QED) is 0.208. The van der Waals surface area contributed by atoms with Gasteiger partial charge in [0.2, 0.25) is 5.95 Å². The van der Waals surface area contributed by atoms with Gasteiger partial charge in [0.25, 0.3) is 0 Å². The molecule has 1 N–H and O–H groups in total. The Balaban J connectivity index is 1.44. The Hall–Kier alpha value is -3.34. The van der Waals surface area contributed by atoms with Gasteiger partial charge in [0.1, 0.15) is 11.6 Å². The van der Waals surface area contributed by atoms with Gasteiger partial charge in [0, 0.05) is 49.7 Å². The van der Waals surface area contributed by atoms with E-state index in [1.807, 2.05) is 30.5 Å². The van der Waals surface area contributed by atoms with Crippen LogP contribution in [-0.4, -0.2) is 65.9 Å². The number of pyridine rings is 1. The first-order chi connectivity index (χ1) is 20.1. The molecule has 4 aromatic rings. The van der Waals surface area contributed by atoms with Gasteiger partial charge in [0.05, 0.1) is 12.8 Å². The number of benzene rings is 1. The van der Waals surface area contributed by atoms with E-state index in [0.29, 0.717) is 18.6 Å². The number of anilines is 1. The molecule has 0 spiro atoms. The predicted octanol–water partition coefficient (Wildman–Crippen LogP) is 6.58. The van der Waals surface area contributed by atoms with Gasteiger partial charge in [-0.05, 0) is 72.8 Å². The summed E-state index contributed by atoms with van der Waals surface area (Å²) in [5, 5.41) is 13.0. The molecule has 224 valence electrons. The zero-order valence-electron chi connectivity index (χ0n) is 25.9. The molecule has 0 saturated carbocycles. The number of methoxy groups -OCH3 is 1. The molecule has 2 atom stereocenters. The third kappa shape index (κ3) is 6.66. The summed E-state index contributed by atoms with van der Waals surface area (Å²) in [5.41, 5.74) is 3.74. The first-order valence-corrected chi connectivity index (χ1v) is 17.8. The molecule has 1 aliphatic heterocycles. The second-order valence-electron chi connectivity index (χ2n) is 12.8. The summed E-state index contributed by atoms with van der Waals surface area (Å²) in [7, 11) is -0.230. The molecule has 1 aliphatic rings. The number of nitrogens with zero attached hydrogens (tertiary/aromatic N) is 5. The van der Waals surface area contributed by atoms with Gasteiger partial charge in [-0.2, -0.15) is 0 Å². The van der Waals surface area contributed by atoms with E-state index in [2.05, 4.69) is 78.8 Å². The highest BCUT2D eigenvalue weighted by Crippen LogP contribution is 2.39. The Morgan fingerprint density at radius 2 is 1.81 bits per heavy atom. The summed E-state index contributed by atoms with van der Waals surface area (Å²) in [4.78, 5) is 9.25. The third-order valence-corrected chi connectivity index (χ3v) is 13.3. The van der Waals surface area contributed by atoms with Gasteiger partial charge < -0.3 is 19.2 Å². The van der Waals surface area contributed by atoms with Crippen LogP contribution >= 0.6 is 0 Å². The summed E-state index contributed by atoms with van der Waals surface area (Å²) in [5.74, 6) is 2.50. The zero-order chi connectivity index (χ0) is 29.9. The highest BCUT2D eigenvalue weighted by Gasteiger charge is 2.38. The Morgan fingerprint density at radius 1 is 1.07 bits per heavy atom. The maximum Gasteiger partial charge on any atom is 0.223 e. The largest absolute Gasteiger partial charge is 0.497 e. The van der Waals surface area contributed by atoms with Crippen LogP contribution in [0.25, 0.3) is 16.9 Å². The minimum atomic E-state index is -1.92. The highest BCUT2D eigenvalue weighted by molar-refractivity contribution is 6.74. The fourth-order valence-electron chi connectivity index (χ4n) is 5.09. The number of fused-ring (bicyclic) bond motifs is 1. The van der Waals surface area contributed by atoms with Crippen molar-refractivity contribution in [1.82, 2.24) is 24.6 Å². The first kappa shape index (κ1) is 30.1. The molecule has 4 heterocycles. The van der Waals surface area contributed by atoms with Crippen LogP contribution in [0.4, 0.5) is 5.95 Å². The topological polar surface area (TPSA) is 95.7 Å². The van der Waals surface area contributed by atoms with E-state index >= 15 is 0 Å². The molecule has 1 fully saturated rings. The van der Waals surface area contributed by atoms with Crippen molar-refractivity contribution in [2.45, 2.75) is 70.6 Å². The molecule has 9 nitrogen and oxygen atoms in total. The molecule has 1 aromatic carbocycles. The van der Waals surface area contributed by atoms with Gasteiger partial charge in [-0.1, -0.05) is 39.8 Å². The van der Waals surface area contributed by atoms with Crippen LogP contribution in [0.3, 0.4) is 0 Å². The summed E-state index contributed by atoms with van der Waals surface area (Å²) in [6, 6.07) is 14.6. The smallest absolute Gasteiger partial charge is 0.223 e. The first-order valence-electron chi connectivity index (χ1n) is 14.9. The summed E-state index contributed by atoms with van der Waals surface area (Å²) >= 11 is 0. The van der Waals surface area contributed by atoms with Crippen molar-refractivity contribution in [3.63, 3.8) is 0 Å². The molecule has 3 aromatic heterocycles. The lowest BCUT2D eigenvalue weighted by molar-refractivity contribution is 0.0903. The Kier molecular flexibility index (Phi) is 8.96. The molecular weight excluding hydrogens is 544 g/mol. The molecule has 0 bridgehead atoms. The minimum Gasteiger partial charge on any atom is -0.497 e. The van der Waals surface area contributed by atoms with Crippen molar-refractivity contribution in [2.24, 2.45) is 5.92 Å². The van der Waals surface area contributed by atoms with E-state index in [-0.39, 0.29) is 16.9 Å². The molecule has 10 heteroatoms. The van der Waals surface area contributed by atoms with Gasteiger partial charge >= 0.3 is 0 Å². The van der Waals surface area contributed by atoms with Gasteiger partial charge in [-0.15, -0.1) is 10.2 Å². The zero-order valence-corrected chi connectivity index (χ0v) is 26.9. The monoisotopic (exact) mass is 588 g/mol. The second kappa shape index (κ2) is 12.5. The van der Waals surface area contributed by atoms with Crippen LogP contribution < -0.4 is 10.1 Å². The number of hydrogen-bond donors (Lipinski definition) is 1. The van der Waals surface area contributed by atoms with E-state index in [1.165, 1.54) is 0 Å². The SMILES string of the molecule is COc1ccc([C@H](c2nnc3cc(-c4ccnc(NC5CCOCC5)n4)ccn23)[C@H](C)CO[Si](C)(C)C(C)(C)C)cc1. The van der Waals surface area contributed by atoms with E-state index < -0.39 is 8.32 Å². The van der Waals surface area contributed by atoms with Crippen LogP contribution in [0.15, 0.2) is 54.9 Å². The van der Waals surface area contributed by atoms with E-state index in [1.54, 1.807) is 13.3 Å². The lowest BCUT2D eigenvalue weighted by atomic mass is 9.87. The van der Waals surface area contributed by atoms with E-state index in [4.69, 9.17) is 24.0 Å². The predicted molar refractivity (Wildman–Crippen MR) is 169 cm³/mol. The number of ether oxygens (including phenoxy) is 2. The average molecular weight is 589 g/mol. The van der Waals surface area contributed by atoms with Gasteiger partial charge in [0.15, 0.2) is 14.0 Å². The Labute approximate surface area is 250 Å². The van der Waals surface area contributed by atoms with E-state index in [0.717, 1.165) is 60.1 Å². The van der Waals surface area contributed by atoms with Crippen molar-refractivity contribution < 1.29 is 13.9 Å². The number of rotatable bonds is 10. The fraction of sp³-hybridized carbons (Fsp3) is 0.500. The Morgan fingerprint density at radius 3 is 2.50 bits per heavy atom. The van der Waals surface area contributed by atoms with Crippen molar-refractivity contribution in [3.05, 3.63) is 66.2 Å². The lowest BCUT2D eigenvalue weighted by Gasteiger charge is -2.37. The third-order valence-electron chi connectivity index (χ3n) is 8.78. The van der Waals surface area contributed by atoms with Crippen molar-refractivity contribution >= 4 is 19.9 Å². The lowest BCUT2D eigenvalue weighted by Crippen LogP contribution is -2.42. The molecule has 0 radical (unpaired) electrons. The minimum absolute atomic E-state index is 0.0177. The molecule has 0 amide bonds. The summed E-state index contributed by atoms with van der Waals surface area (Å²) in [6.45, 7) is 15.8. The normalized spacial score (nSPS) is 16.4.